The molecule has 0 atom stereocenters. The van der Waals surface area contributed by atoms with Gasteiger partial charge in [-0.25, -0.2) is 0 Å². The summed E-state index contributed by atoms with van der Waals surface area (Å²) < 4.78 is 0. The van der Waals surface area contributed by atoms with Crippen LogP contribution in [0.5, 0.6) is 0 Å². The van der Waals surface area contributed by atoms with E-state index in [1.165, 1.54) is 30.5 Å². The first-order chi connectivity index (χ1) is 8.60. The van der Waals surface area contributed by atoms with Crippen molar-refractivity contribution in [1.82, 2.24) is 0 Å². The second-order valence-corrected chi connectivity index (χ2v) is 5.26. The van der Waals surface area contributed by atoms with Gasteiger partial charge in [-0.3, -0.25) is 0 Å². The number of rotatable bonds is 7. The molecule has 102 valence electrons. The van der Waals surface area contributed by atoms with Crippen molar-refractivity contribution in [2.75, 3.05) is 11.4 Å². The monoisotopic (exact) mass is 249 g/mol. The summed E-state index contributed by atoms with van der Waals surface area (Å²) in [6.45, 7) is 10.0. The van der Waals surface area contributed by atoms with Crippen molar-refractivity contribution in [1.29, 1.82) is 0 Å². The van der Waals surface area contributed by atoms with Gasteiger partial charge in [-0.05, 0) is 50.5 Å². The molecule has 0 spiro atoms. The van der Waals surface area contributed by atoms with Crippen LogP contribution in [0, 0.1) is 6.92 Å². The van der Waals surface area contributed by atoms with E-state index in [4.69, 9.17) is 0 Å². The van der Waals surface area contributed by atoms with Crippen LogP contribution in [0.4, 0.5) is 5.69 Å². The lowest BCUT2D eigenvalue weighted by Gasteiger charge is -2.29. The van der Waals surface area contributed by atoms with Crippen molar-refractivity contribution < 1.29 is 5.11 Å². The van der Waals surface area contributed by atoms with E-state index in [9.17, 15) is 5.11 Å². The Morgan fingerprint density at radius 2 is 1.94 bits per heavy atom. The second-order valence-electron chi connectivity index (χ2n) is 5.26. The van der Waals surface area contributed by atoms with E-state index in [0.29, 0.717) is 6.04 Å². The van der Waals surface area contributed by atoms with Gasteiger partial charge >= 0.3 is 0 Å². The summed E-state index contributed by atoms with van der Waals surface area (Å²) in [7, 11) is 0. The highest BCUT2D eigenvalue weighted by atomic mass is 16.3. The summed E-state index contributed by atoms with van der Waals surface area (Å²) in [6, 6.07) is 6.88. The van der Waals surface area contributed by atoms with Crippen LogP contribution in [0.25, 0.3) is 0 Å². The van der Waals surface area contributed by atoms with Crippen LogP contribution in [-0.4, -0.2) is 17.7 Å². The molecule has 2 heteroatoms. The predicted molar refractivity (Wildman–Crippen MR) is 79.1 cm³/mol. The average molecular weight is 249 g/mol. The Kier molecular flexibility index (Phi) is 6.20. The summed E-state index contributed by atoms with van der Waals surface area (Å²) in [5.41, 5.74) is 3.47. The van der Waals surface area contributed by atoms with Gasteiger partial charge in [0.05, 0.1) is 6.61 Å². The van der Waals surface area contributed by atoms with E-state index >= 15 is 0 Å². The van der Waals surface area contributed by atoms with Crippen LogP contribution in [0.15, 0.2) is 18.2 Å². The number of benzene rings is 1. The van der Waals surface area contributed by atoms with E-state index in [1.54, 1.807) is 0 Å². The summed E-state index contributed by atoms with van der Waals surface area (Å²) in [5.74, 6) is 0. The minimum Gasteiger partial charge on any atom is -0.392 e. The molecule has 2 nitrogen and oxygen atoms in total. The zero-order valence-corrected chi connectivity index (χ0v) is 12.2. The van der Waals surface area contributed by atoms with Crippen LogP contribution < -0.4 is 4.90 Å². The van der Waals surface area contributed by atoms with Crippen molar-refractivity contribution in [3.05, 3.63) is 29.3 Å². The fourth-order valence-electron chi connectivity index (χ4n) is 2.25. The van der Waals surface area contributed by atoms with Crippen LogP contribution in [0.1, 0.15) is 51.2 Å². The highest BCUT2D eigenvalue weighted by molar-refractivity contribution is 5.51. The summed E-state index contributed by atoms with van der Waals surface area (Å²) >= 11 is 0. The molecule has 0 bridgehead atoms. The SMILES string of the molecule is CCCCCN(c1ccc(CO)c(C)c1)C(C)C. The standard InChI is InChI=1S/C16H27NO/c1-5-6-7-10-17(13(2)3)16-9-8-15(12-18)14(4)11-16/h8-9,11,13,18H,5-7,10,12H2,1-4H3. The molecule has 1 aromatic rings. The van der Waals surface area contributed by atoms with Crippen molar-refractivity contribution in [3.63, 3.8) is 0 Å². The first-order valence-corrected chi connectivity index (χ1v) is 7.07. The molecule has 0 heterocycles. The van der Waals surface area contributed by atoms with Gasteiger partial charge in [0.15, 0.2) is 0 Å². The van der Waals surface area contributed by atoms with Gasteiger partial charge in [0, 0.05) is 18.3 Å². The van der Waals surface area contributed by atoms with Crippen LogP contribution >= 0.6 is 0 Å². The minimum atomic E-state index is 0.129. The van der Waals surface area contributed by atoms with Gasteiger partial charge in [0.25, 0.3) is 0 Å². The fraction of sp³-hybridized carbons (Fsp3) is 0.625. The molecule has 0 aliphatic carbocycles. The molecule has 1 rings (SSSR count). The third-order valence-electron chi connectivity index (χ3n) is 3.45. The maximum atomic E-state index is 9.22. The highest BCUT2D eigenvalue weighted by Crippen LogP contribution is 2.22. The summed E-state index contributed by atoms with van der Waals surface area (Å²) in [4.78, 5) is 2.45. The number of nitrogens with zero attached hydrogens (tertiary/aromatic N) is 1. The van der Waals surface area contributed by atoms with Gasteiger partial charge in [0.2, 0.25) is 0 Å². The smallest absolute Gasteiger partial charge is 0.0684 e. The second kappa shape index (κ2) is 7.42. The van der Waals surface area contributed by atoms with Gasteiger partial charge < -0.3 is 10.0 Å². The average Bonchev–Trinajstić information content (AvgIpc) is 2.34. The first-order valence-electron chi connectivity index (χ1n) is 7.07. The number of anilines is 1. The summed E-state index contributed by atoms with van der Waals surface area (Å²) in [6.07, 6.45) is 3.79. The number of hydrogen-bond donors (Lipinski definition) is 1. The lowest BCUT2D eigenvalue weighted by Crippen LogP contribution is -2.31. The quantitative estimate of drug-likeness (QED) is 0.741. The molecular formula is C16H27NO. The van der Waals surface area contributed by atoms with Crippen LogP contribution in [0.2, 0.25) is 0 Å². The van der Waals surface area contributed by atoms with Gasteiger partial charge in [-0.1, -0.05) is 25.8 Å². The van der Waals surface area contributed by atoms with Gasteiger partial charge in [0.1, 0.15) is 0 Å². The lowest BCUT2D eigenvalue weighted by molar-refractivity contribution is 0.281. The molecular weight excluding hydrogens is 222 g/mol. The Bertz CT molecular complexity index is 360. The maximum Gasteiger partial charge on any atom is 0.0684 e. The number of hydrogen-bond acceptors (Lipinski definition) is 2. The molecule has 0 radical (unpaired) electrons. The number of unbranched alkanes of at least 4 members (excludes halogenated alkanes) is 2. The van der Waals surface area contributed by atoms with Crippen LogP contribution in [0.3, 0.4) is 0 Å². The lowest BCUT2D eigenvalue weighted by atomic mass is 10.1. The Morgan fingerprint density at radius 3 is 2.44 bits per heavy atom. The van der Waals surface area contributed by atoms with E-state index in [-0.39, 0.29) is 6.61 Å². The Morgan fingerprint density at radius 1 is 1.22 bits per heavy atom. The molecule has 0 amide bonds. The Hall–Kier alpha value is -1.02. The van der Waals surface area contributed by atoms with Gasteiger partial charge in [-0.2, -0.15) is 0 Å². The first kappa shape index (κ1) is 15.0. The van der Waals surface area contributed by atoms with E-state index in [0.717, 1.165) is 12.1 Å². The van der Waals surface area contributed by atoms with E-state index < -0.39 is 0 Å². The number of aliphatic hydroxyl groups excluding tert-OH is 1. The molecule has 0 unspecified atom stereocenters. The molecule has 0 fully saturated rings. The number of aryl methyl sites for hydroxylation is 1. The number of aliphatic hydroxyl groups is 1. The maximum absolute atomic E-state index is 9.22. The molecule has 0 aliphatic rings. The zero-order valence-electron chi connectivity index (χ0n) is 12.2. The zero-order chi connectivity index (χ0) is 13.5. The molecule has 1 aromatic carbocycles. The van der Waals surface area contributed by atoms with Crippen LogP contribution in [-0.2, 0) is 6.61 Å². The Balaban J connectivity index is 2.82. The molecule has 0 saturated carbocycles. The van der Waals surface area contributed by atoms with Crippen molar-refractivity contribution in [2.45, 2.75) is 59.6 Å². The molecule has 18 heavy (non-hydrogen) atoms. The van der Waals surface area contributed by atoms with E-state index in [1.807, 2.05) is 6.07 Å². The van der Waals surface area contributed by atoms with Crippen molar-refractivity contribution in [3.8, 4) is 0 Å². The van der Waals surface area contributed by atoms with Crippen molar-refractivity contribution >= 4 is 5.69 Å². The summed E-state index contributed by atoms with van der Waals surface area (Å²) in [5, 5.41) is 9.22. The third-order valence-corrected chi connectivity index (χ3v) is 3.45. The normalized spacial score (nSPS) is 11.0. The minimum absolute atomic E-state index is 0.129. The molecule has 0 aliphatic heterocycles. The van der Waals surface area contributed by atoms with Crippen molar-refractivity contribution in [2.24, 2.45) is 0 Å². The topological polar surface area (TPSA) is 23.5 Å². The van der Waals surface area contributed by atoms with E-state index in [2.05, 4.69) is 44.7 Å². The molecule has 0 aromatic heterocycles. The third kappa shape index (κ3) is 4.02. The Labute approximate surface area is 112 Å². The largest absolute Gasteiger partial charge is 0.392 e. The molecule has 1 N–H and O–H groups in total. The predicted octanol–water partition coefficient (Wildman–Crippen LogP) is 3.89. The molecule has 0 saturated heterocycles. The fourth-order valence-corrected chi connectivity index (χ4v) is 2.25. The van der Waals surface area contributed by atoms with Gasteiger partial charge in [-0.15, -0.1) is 0 Å². The highest BCUT2D eigenvalue weighted by Gasteiger charge is 2.11.